The van der Waals surface area contributed by atoms with Gasteiger partial charge in [-0.15, -0.1) is 0 Å². The molecule has 0 radical (unpaired) electrons. The summed E-state index contributed by atoms with van der Waals surface area (Å²) in [4.78, 5) is 33.3. The first kappa shape index (κ1) is 18.8. The van der Waals surface area contributed by atoms with Gasteiger partial charge in [0, 0.05) is 17.2 Å². The zero-order valence-electron chi connectivity index (χ0n) is 12.0. The van der Waals surface area contributed by atoms with E-state index in [1.165, 1.54) is 12.1 Å². The summed E-state index contributed by atoms with van der Waals surface area (Å²) in [6, 6.07) is 4.55. The molecule has 0 aliphatic rings. The summed E-state index contributed by atoms with van der Waals surface area (Å²) in [6.07, 6.45) is 0.586. The Balaban J connectivity index is 2.63. The highest BCUT2D eigenvalue weighted by Gasteiger charge is 2.20. The van der Waals surface area contributed by atoms with Crippen molar-refractivity contribution in [3.63, 3.8) is 0 Å². The highest BCUT2D eigenvalue weighted by Crippen LogP contribution is 2.28. The Morgan fingerprint density at radius 2 is 1.96 bits per heavy atom. The molecule has 1 atom stereocenters. The smallest absolute Gasteiger partial charge is 0.279 e. The molecule has 23 heavy (non-hydrogen) atoms. The number of carboxylic acids is 1. The number of halogens is 2. The lowest BCUT2D eigenvalue weighted by Crippen LogP contribution is -2.47. The molecule has 1 rings (SSSR count). The van der Waals surface area contributed by atoms with E-state index in [9.17, 15) is 19.5 Å². The van der Waals surface area contributed by atoms with Gasteiger partial charge >= 0.3 is 0 Å². The van der Waals surface area contributed by atoms with Crippen molar-refractivity contribution >= 4 is 41.0 Å². The van der Waals surface area contributed by atoms with Crippen molar-refractivity contribution in [3.05, 3.63) is 40.4 Å². The van der Waals surface area contributed by atoms with Gasteiger partial charge in [-0.2, -0.15) is 0 Å². The molecule has 124 valence electrons. The van der Waals surface area contributed by atoms with Gasteiger partial charge in [0.15, 0.2) is 6.10 Å². The molecule has 0 aliphatic carbocycles. The molecule has 1 aromatic carbocycles. The third kappa shape index (κ3) is 6.58. The second-order valence-corrected chi connectivity index (χ2v) is 5.06. The highest BCUT2D eigenvalue weighted by atomic mass is 35.5. The summed E-state index contributed by atoms with van der Waals surface area (Å²) in [5.41, 5.74) is 4.12. The van der Waals surface area contributed by atoms with Crippen molar-refractivity contribution in [1.29, 1.82) is 0 Å². The lowest BCUT2D eigenvalue weighted by molar-refractivity contribution is -0.297. The fourth-order valence-corrected chi connectivity index (χ4v) is 1.76. The zero-order valence-corrected chi connectivity index (χ0v) is 13.5. The molecule has 2 amide bonds. The molecule has 1 unspecified atom stereocenters. The van der Waals surface area contributed by atoms with Crippen LogP contribution in [-0.2, 0) is 14.4 Å². The van der Waals surface area contributed by atoms with Gasteiger partial charge in [0.25, 0.3) is 11.8 Å². The zero-order chi connectivity index (χ0) is 17.4. The average Bonchev–Trinajstić information content (AvgIpc) is 2.51. The van der Waals surface area contributed by atoms with Crippen LogP contribution in [0.5, 0.6) is 5.75 Å². The van der Waals surface area contributed by atoms with Crippen LogP contribution in [0.25, 0.3) is 0 Å². The fourth-order valence-electron chi connectivity index (χ4n) is 1.43. The molecule has 0 heterocycles. The minimum atomic E-state index is -1.53. The number of carbonyl (C=O) groups excluding carboxylic acids is 3. The molecule has 0 spiro atoms. The van der Waals surface area contributed by atoms with Gasteiger partial charge in [-0.05, 0) is 24.6 Å². The molecule has 0 aliphatic heterocycles. The SMILES string of the molecule is CCC(Oc1cc(Cl)ccc1Cl)C(=O)NNC(=O)/C=C/C(=O)[O-]. The quantitative estimate of drug-likeness (QED) is 0.571. The van der Waals surface area contributed by atoms with Crippen molar-refractivity contribution in [3.8, 4) is 5.75 Å². The lowest BCUT2D eigenvalue weighted by Gasteiger charge is -2.18. The maximum atomic E-state index is 11.9. The van der Waals surface area contributed by atoms with Crippen molar-refractivity contribution in [1.82, 2.24) is 10.9 Å². The van der Waals surface area contributed by atoms with Gasteiger partial charge in [0.05, 0.1) is 11.0 Å². The Labute approximate surface area is 142 Å². The predicted octanol–water partition coefficient (Wildman–Crippen LogP) is 0.604. The van der Waals surface area contributed by atoms with Gasteiger partial charge in [-0.25, -0.2) is 0 Å². The van der Waals surface area contributed by atoms with Crippen LogP contribution in [0.1, 0.15) is 13.3 Å². The monoisotopic (exact) mass is 359 g/mol. The molecule has 7 nitrogen and oxygen atoms in total. The molecule has 1 aromatic rings. The van der Waals surface area contributed by atoms with E-state index in [2.05, 4.69) is 5.43 Å². The standard InChI is InChI=1S/C14H14Cl2N2O5/c1-2-10(23-11-7-8(15)3-4-9(11)16)14(22)18-17-12(19)5-6-13(20)21/h3-7,10H,2H2,1H3,(H,17,19)(H,18,22)(H,20,21)/p-1/b6-5+. The van der Waals surface area contributed by atoms with Gasteiger partial charge in [0.2, 0.25) is 0 Å². The van der Waals surface area contributed by atoms with Gasteiger partial charge in [-0.1, -0.05) is 30.1 Å². The van der Waals surface area contributed by atoms with E-state index in [0.29, 0.717) is 23.6 Å². The maximum absolute atomic E-state index is 11.9. The minimum absolute atomic E-state index is 0.226. The van der Waals surface area contributed by atoms with Crippen LogP contribution in [-0.4, -0.2) is 23.9 Å². The van der Waals surface area contributed by atoms with Crippen LogP contribution in [0.4, 0.5) is 0 Å². The summed E-state index contributed by atoms with van der Waals surface area (Å²) in [5.74, 6) is -2.78. The molecule has 0 fully saturated rings. The minimum Gasteiger partial charge on any atom is -0.545 e. The number of amides is 2. The molecule has 9 heteroatoms. The fraction of sp³-hybridized carbons (Fsp3) is 0.214. The van der Waals surface area contributed by atoms with E-state index in [-0.39, 0.29) is 10.8 Å². The van der Waals surface area contributed by atoms with Crippen LogP contribution in [0, 0.1) is 0 Å². The van der Waals surface area contributed by atoms with Gasteiger partial charge in [-0.3, -0.25) is 20.4 Å². The van der Waals surface area contributed by atoms with Crippen molar-refractivity contribution in [2.24, 2.45) is 0 Å². The first-order chi connectivity index (χ1) is 10.8. The van der Waals surface area contributed by atoms with Crippen LogP contribution in [0.2, 0.25) is 10.0 Å². The van der Waals surface area contributed by atoms with Crippen LogP contribution >= 0.6 is 23.2 Å². The summed E-state index contributed by atoms with van der Waals surface area (Å²) in [5, 5.41) is 10.8. The summed E-state index contributed by atoms with van der Waals surface area (Å²) in [7, 11) is 0. The molecule has 0 aromatic heterocycles. The van der Waals surface area contributed by atoms with E-state index in [0.717, 1.165) is 0 Å². The summed E-state index contributed by atoms with van der Waals surface area (Å²) >= 11 is 11.8. The number of benzene rings is 1. The number of aliphatic carboxylic acids is 1. The number of ether oxygens (including phenoxy) is 1. The van der Waals surface area contributed by atoms with E-state index in [4.69, 9.17) is 27.9 Å². The average molecular weight is 360 g/mol. The van der Waals surface area contributed by atoms with E-state index in [1.807, 2.05) is 5.43 Å². The van der Waals surface area contributed by atoms with Crippen molar-refractivity contribution < 1.29 is 24.2 Å². The largest absolute Gasteiger partial charge is 0.545 e. The topological polar surface area (TPSA) is 108 Å². The Morgan fingerprint density at radius 3 is 2.57 bits per heavy atom. The number of rotatable bonds is 6. The molecular weight excluding hydrogens is 347 g/mol. The van der Waals surface area contributed by atoms with Crippen LogP contribution in [0.15, 0.2) is 30.4 Å². The lowest BCUT2D eigenvalue weighted by atomic mass is 10.2. The Hall–Kier alpha value is -2.25. The van der Waals surface area contributed by atoms with Crippen LogP contribution in [0.3, 0.4) is 0 Å². The second kappa shape index (κ2) is 9.02. The van der Waals surface area contributed by atoms with Gasteiger partial charge < -0.3 is 14.6 Å². The highest BCUT2D eigenvalue weighted by molar-refractivity contribution is 6.34. The number of hydrogen-bond acceptors (Lipinski definition) is 5. The molecule has 0 saturated heterocycles. The number of hydrazine groups is 1. The van der Waals surface area contributed by atoms with Crippen molar-refractivity contribution in [2.45, 2.75) is 19.4 Å². The molecule has 2 N–H and O–H groups in total. The number of nitrogens with one attached hydrogen (secondary N) is 2. The first-order valence-corrected chi connectivity index (χ1v) is 7.19. The third-order valence-electron chi connectivity index (χ3n) is 2.51. The molecule has 0 bridgehead atoms. The molecular formula is C14H13Cl2N2O5-. The molecule has 0 saturated carbocycles. The van der Waals surface area contributed by atoms with E-state index >= 15 is 0 Å². The maximum Gasteiger partial charge on any atom is 0.279 e. The second-order valence-electron chi connectivity index (χ2n) is 4.22. The summed E-state index contributed by atoms with van der Waals surface area (Å²) < 4.78 is 5.47. The number of carbonyl (C=O) groups is 3. The predicted molar refractivity (Wildman–Crippen MR) is 81.6 cm³/mol. The van der Waals surface area contributed by atoms with E-state index in [1.54, 1.807) is 13.0 Å². The Morgan fingerprint density at radius 1 is 1.26 bits per heavy atom. The third-order valence-corrected chi connectivity index (χ3v) is 3.05. The van der Waals surface area contributed by atoms with Gasteiger partial charge in [0.1, 0.15) is 5.75 Å². The Kier molecular flexibility index (Phi) is 7.37. The van der Waals surface area contributed by atoms with E-state index < -0.39 is 23.9 Å². The summed E-state index contributed by atoms with van der Waals surface area (Å²) in [6.45, 7) is 1.69. The Bertz CT molecular complexity index is 634. The normalized spacial score (nSPS) is 11.8. The van der Waals surface area contributed by atoms with Crippen LogP contribution < -0.4 is 20.7 Å². The first-order valence-electron chi connectivity index (χ1n) is 6.44. The number of carboxylic acid groups (broad SMARTS) is 1. The number of hydrogen-bond donors (Lipinski definition) is 2. The van der Waals surface area contributed by atoms with Crippen molar-refractivity contribution in [2.75, 3.05) is 0 Å².